The number of ether oxygens (including phenoxy) is 1. The van der Waals surface area contributed by atoms with Crippen LogP contribution in [0.5, 0.6) is 0 Å². The van der Waals surface area contributed by atoms with Crippen LogP contribution in [0.4, 0.5) is 0 Å². The Bertz CT molecular complexity index is 1700. The van der Waals surface area contributed by atoms with Crippen molar-refractivity contribution in [1.29, 1.82) is 5.26 Å². The fraction of sp³-hybridized carbons (Fsp3) is 0.424. The summed E-state index contributed by atoms with van der Waals surface area (Å²) in [6.07, 6.45) is 11.6. The van der Waals surface area contributed by atoms with Crippen molar-refractivity contribution in [1.82, 2.24) is 15.1 Å². The van der Waals surface area contributed by atoms with Gasteiger partial charge in [0, 0.05) is 45.9 Å². The molecule has 208 valence electrons. The Kier molecular flexibility index (Phi) is 5.98. The molecule has 4 aromatic rings. The first-order chi connectivity index (χ1) is 19.8. The summed E-state index contributed by atoms with van der Waals surface area (Å²) in [6, 6.07) is 9.05. The average molecular weight is 549 g/mol. The zero-order valence-electron chi connectivity index (χ0n) is 23.4. The van der Waals surface area contributed by atoms with Crippen molar-refractivity contribution in [2.45, 2.75) is 88.8 Å². The van der Waals surface area contributed by atoms with Gasteiger partial charge in [-0.3, -0.25) is 9.97 Å². The number of nitrogens with zero attached hydrogens (tertiary/aromatic N) is 4. The zero-order valence-corrected chi connectivity index (χ0v) is 23.4. The van der Waals surface area contributed by atoms with Gasteiger partial charge in [0.15, 0.2) is 0 Å². The molecule has 0 aliphatic heterocycles. The lowest BCUT2D eigenvalue weighted by molar-refractivity contribution is -0.127. The molecule has 0 amide bonds. The van der Waals surface area contributed by atoms with Crippen molar-refractivity contribution in [3.8, 4) is 17.3 Å². The van der Waals surface area contributed by atoms with Crippen molar-refractivity contribution in [3.05, 3.63) is 75.9 Å². The Morgan fingerprint density at radius 3 is 2.41 bits per heavy atom. The van der Waals surface area contributed by atoms with Gasteiger partial charge in [0.05, 0.1) is 28.9 Å². The van der Waals surface area contributed by atoms with Gasteiger partial charge in [-0.25, -0.2) is 4.79 Å². The van der Waals surface area contributed by atoms with Gasteiger partial charge >= 0.3 is 5.97 Å². The highest BCUT2D eigenvalue weighted by molar-refractivity contribution is 6.04. The maximum atomic E-state index is 11.8. The van der Waals surface area contributed by atoms with Gasteiger partial charge in [-0.15, -0.1) is 0 Å². The number of fused-ring (bicyclic) bond motifs is 4. The third-order valence-electron chi connectivity index (χ3n) is 9.78. The highest BCUT2D eigenvalue weighted by Crippen LogP contribution is 2.55. The highest BCUT2D eigenvalue weighted by Gasteiger charge is 2.51. The monoisotopic (exact) mass is 548 g/mol. The Balaban J connectivity index is 1.14. The van der Waals surface area contributed by atoms with E-state index in [2.05, 4.69) is 30.1 Å². The normalized spacial score (nSPS) is 23.5. The Morgan fingerprint density at radius 1 is 1.07 bits per heavy atom. The molecular weight excluding hydrogens is 516 g/mol. The molecule has 8 rings (SSSR count). The number of rotatable bonds is 7. The highest BCUT2D eigenvalue weighted by atomic mass is 16.5. The van der Waals surface area contributed by atoms with E-state index >= 15 is 0 Å². The Hall–Kier alpha value is -4.09. The van der Waals surface area contributed by atoms with Gasteiger partial charge in [-0.2, -0.15) is 5.26 Å². The van der Waals surface area contributed by atoms with Gasteiger partial charge in [0.25, 0.3) is 0 Å². The third-order valence-corrected chi connectivity index (χ3v) is 9.78. The summed E-state index contributed by atoms with van der Waals surface area (Å²) in [5, 5.41) is 24.4. The minimum absolute atomic E-state index is 0.0853. The molecule has 0 unspecified atom stereocenters. The molecule has 0 saturated heterocycles. The van der Waals surface area contributed by atoms with Crippen molar-refractivity contribution >= 4 is 16.9 Å². The molecule has 4 saturated carbocycles. The minimum Gasteiger partial charge on any atom is -0.478 e. The predicted molar refractivity (Wildman–Crippen MR) is 152 cm³/mol. The molecule has 0 spiro atoms. The second-order valence-corrected chi connectivity index (χ2v) is 12.2. The second-order valence-electron chi connectivity index (χ2n) is 12.2. The SMILES string of the molecule is Cc1cncc(C)c1-c1noc(C2CC2)c1COC12CCC(c3ccc4c(C(=O)O)ccc(C#N)c4n3)(CC1)CC2. The number of carboxylic acids is 1. The molecule has 1 N–H and O–H groups in total. The number of aromatic carboxylic acids is 1. The fourth-order valence-electron chi connectivity index (χ4n) is 7.17. The number of nitriles is 1. The van der Waals surface area contributed by atoms with Gasteiger partial charge < -0.3 is 14.4 Å². The van der Waals surface area contributed by atoms with E-state index < -0.39 is 5.97 Å². The first kappa shape index (κ1) is 25.8. The Morgan fingerprint density at radius 2 is 1.78 bits per heavy atom. The molecule has 0 radical (unpaired) electrons. The van der Waals surface area contributed by atoms with Gasteiger partial charge in [0.2, 0.25) is 0 Å². The number of hydrogen-bond acceptors (Lipinski definition) is 7. The fourth-order valence-corrected chi connectivity index (χ4v) is 7.17. The molecule has 2 bridgehead atoms. The number of carboxylic acid groups (broad SMARTS) is 1. The third kappa shape index (κ3) is 4.22. The lowest BCUT2D eigenvalue weighted by Gasteiger charge is -2.53. The van der Waals surface area contributed by atoms with Gasteiger partial charge in [0.1, 0.15) is 17.5 Å². The molecule has 3 heterocycles. The van der Waals surface area contributed by atoms with Crippen LogP contribution in [0.3, 0.4) is 0 Å². The summed E-state index contributed by atoms with van der Waals surface area (Å²) in [5.74, 6) is 0.390. The lowest BCUT2D eigenvalue weighted by atomic mass is 9.57. The van der Waals surface area contributed by atoms with Crippen molar-refractivity contribution < 1.29 is 19.2 Å². The van der Waals surface area contributed by atoms with Crippen LogP contribution in [0.1, 0.15) is 101 Å². The molecule has 4 aliphatic carbocycles. The van der Waals surface area contributed by atoms with Crippen LogP contribution in [-0.4, -0.2) is 31.8 Å². The van der Waals surface area contributed by atoms with Crippen LogP contribution < -0.4 is 0 Å². The predicted octanol–water partition coefficient (Wildman–Crippen LogP) is 6.91. The van der Waals surface area contributed by atoms with E-state index in [-0.39, 0.29) is 16.6 Å². The maximum Gasteiger partial charge on any atom is 0.336 e. The molecule has 4 fully saturated rings. The van der Waals surface area contributed by atoms with Crippen molar-refractivity contribution in [2.24, 2.45) is 0 Å². The van der Waals surface area contributed by atoms with E-state index in [1.165, 1.54) is 6.07 Å². The molecular formula is C33H32N4O4. The number of pyridine rings is 2. The van der Waals surface area contributed by atoms with E-state index in [0.29, 0.717) is 29.0 Å². The van der Waals surface area contributed by atoms with Crippen LogP contribution >= 0.6 is 0 Å². The van der Waals surface area contributed by atoms with Crippen LogP contribution in [0.15, 0.2) is 41.2 Å². The van der Waals surface area contributed by atoms with Gasteiger partial charge in [-0.05, 0) is 94.5 Å². The van der Waals surface area contributed by atoms with E-state index in [4.69, 9.17) is 14.2 Å². The number of benzene rings is 1. The van der Waals surface area contributed by atoms with Crippen LogP contribution in [-0.2, 0) is 16.8 Å². The Labute approximate surface area is 238 Å². The van der Waals surface area contributed by atoms with Crippen molar-refractivity contribution in [2.75, 3.05) is 0 Å². The summed E-state index contributed by atoms with van der Waals surface area (Å²) in [7, 11) is 0. The van der Waals surface area contributed by atoms with E-state index in [1.807, 2.05) is 24.5 Å². The molecule has 41 heavy (non-hydrogen) atoms. The number of aryl methyl sites for hydroxylation is 2. The molecule has 1 aromatic carbocycles. The maximum absolute atomic E-state index is 11.8. The van der Waals surface area contributed by atoms with Gasteiger partial charge in [-0.1, -0.05) is 11.2 Å². The topological polar surface area (TPSA) is 122 Å². The number of carbonyl (C=O) groups is 1. The summed E-state index contributed by atoms with van der Waals surface area (Å²) in [6.45, 7) is 4.61. The van der Waals surface area contributed by atoms with Crippen molar-refractivity contribution in [3.63, 3.8) is 0 Å². The molecule has 8 heteroatoms. The standard InChI is InChI=1S/C33H32N4O4/c1-19-16-35-17-20(2)27(19)29-25(30(41-37-29)21-3-4-21)18-40-33-12-9-32(10-13-33,11-14-33)26-8-7-23-24(31(38)39)6-5-22(15-34)28(23)36-26/h5-8,16-17,21H,3-4,9-14,18H2,1-2H3,(H,38,39). The first-order valence-electron chi connectivity index (χ1n) is 14.4. The summed E-state index contributed by atoms with van der Waals surface area (Å²) in [5.41, 5.74) is 6.95. The van der Waals surface area contributed by atoms with E-state index in [0.717, 1.165) is 90.8 Å². The quantitative estimate of drug-likeness (QED) is 0.264. The van der Waals surface area contributed by atoms with E-state index in [9.17, 15) is 15.2 Å². The zero-order chi connectivity index (χ0) is 28.4. The van der Waals surface area contributed by atoms with Crippen LogP contribution in [0.2, 0.25) is 0 Å². The summed E-state index contributed by atoms with van der Waals surface area (Å²) < 4.78 is 12.8. The first-order valence-corrected chi connectivity index (χ1v) is 14.4. The largest absolute Gasteiger partial charge is 0.478 e. The second kappa shape index (κ2) is 9.49. The molecule has 3 aromatic heterocycles. The molecule has 8 nitrogen and oxygen atoms in total. The lowest BCUT2D eigenvalue weighted by Crippen LogP contribution is -2.50. The van der Waals surface area contributed by atoms with Crippen LogP contribution in [0.25, 0.3) is 22.2 Å². The number of aromatic nitrogens is 3. The molecule has 4 aliphatic rings. The summed E-state index contributed by atoms with van der Waals surface area (Å²) >= 11 is 0. The smallest absolute Gasteiger partial charge is 0.336 e. The summed E-state index contributed by atoms with van der Waals surface area (Å²) in [4.78, 5) is 21.0. The minimum atomic E-state index is -1.01. The molecule has 0 atom stereocenters. The van der Waals surface area contributed by atoms with E-state index in [1.54, 1.807) is 6.07 Å². The average Bonchev–Trinajstić information content (AvgIpc) is 3.75. The van der Waals surface area contributed by atoms with Crippen LogP contribution in [0, 0.1) is 25.2 Å². The number of hydrogen-bond donors (Lipinski definition) is 1.